The Morgan fingerprint density at radius 3 is 0.465 bits per heavy atom. The van der Waals surface area contributed by atoms with E-state index < -0.39 is 0 Å². The third kappa shape index (κ3) is 25.4. The SMILES string of the molecule is CC.CC.CC.CC.CC.Cc1ccccc1.c1ccc(-c2ccccc2)cc1.c1ccc(-c2ccccc2)cc1.c1ccc2cc3ccccc3cc2c1.c1ccc2ccccc2c1.c1ccccc1. The van der Waals surface area contributed by atoms with Crippen LogP contribution in [0.5, 0.6) is 0 Å². The van der Waals surface area contributed by atoms with E-state index in [0.717, 1.165) is 0 Å². The summed E-state index contributed by atoms with van der Waals surface area (Å²) >= 11 is 0. The van der Waals surface area contributed by atoms with Gasteiger partial charge in [-0.1, -0.05) is 360 Å². The molecule has 0 heteroatoms. The topological polar surface area (TPSA) is 0 Å². The Hall–Kier alpha value is -7.80. The lowest BCUT2D eigenvalue weighted by atomic mass is 10.0. The van der Waals surface area contributed by atoms with Gasteiger partial charge in [0.2, 0.25) is 0 Å². The Bertz CT molecular complexity index is 2470. The molecule has 11 rings (SSSR count). The van der Waals surface area contributed by atoms with Crippen molar-refractivity contribution < 1.29 is 0 Å². The van der Waals surface area contributed by atoms with E-state index in [4.69, 9.17) is 0 Å². The van der Waals surface area contributed by atoms with Crippen LogP contribution in [0, 0.1) is 6.92 Å². The second-order valence-electron chi connectivity index (χ2n) is 14.2. The van der Waals surface area contributed by atoms with Gasteiger partial charge in [-0.15, -0.1) is 0 Å². The zero-order valence-electron chi connectivity index (χ0n) is 44.8. The molecule has 0 spiro atoms. The van der Waals surface area contributed by atoms with Crippen molar-refractivity contribution in [2.24, 2.45) is 0 Å². The van der Waals surface area contributed by atoms with Crippen molar-refractivity contribution in [3.8, 4) is 22.3 Å². The van der Waals surface area contributed by atoms with E-state index >= 15 is 0 Å². The average molecular weight is 935 g/mol. The fourth-order valence-electron chi connectivity index (χ4n) is 6.46. The highest BCUT2D eigenvalue weighted by Gasteiger charge is 1.96. The Morgan fingerprint density at radius 2 is 0.296 bits per heavy atom. The lowest BCUT2D eigenvalue weighted by molar-refractivity contribution is 1.48. The van der Waals surface area contributed by atoms with Crippen LogP contribution in [0.1, 0.15) is 74.8 Å². The van der Waals surface area contributed by atoms with Crippen molar-refractivity contribution in [2.45, 2.75) is 76.2 Å². The third-order valence-electron chi connectivity index (χ3n) is 9.64. The maximum absolute atomic E-state index is 2.24. The molecule has 0 saturated heterocycles. The van der Waals surface area contributed by atoms with Crippen LogP contribution in [0.15, 0.2) is 297 Å². The van der Waals surface area contributed by atoms with Crippen molar-refractivity contribution in [3.63, 3.8) is 0 Å². The summed E-state index contributed by atoms with van der Waals surface area (Å²) in [4.78, 5) is 0. The van der Waals surface area contributed by atoms with Crippen molar-refractivity contribution in [1.82, 2.24) is 0 Å². The second kappa shape index (κ2) is 42.3. The summed E-state index contributed by atoms with van der Waals surface area (Å²) in [6.45, 7) is 22.1. The van der Waals surface area contributed by atoms with E-state index in [1.165, 1.54) is 60.1 Å². The number of aryl methyl sites for hydroxylation is 1. The fraction of sp³-hybridized carbons (Fsp3) is 0.155. The van der Waals surface area contributed by atoms with Crippen LogP contribution in [-0.4, -0.2) is 0 Å². The van der Waals surface area contributed by atoms with Crippen LogP contribution in [-0.2, 0) is 0 Å². The van der Waals surface area contributed by atoms with Gasteiger partial charge >= 0.3 is 0 Å². The van der Waals surface area contributed by atoms with Crippen LogP contribution < -0.4 is 0 Å². The van der Waals surface area contributed by atoms with Crippen LogP contribution in [0.25, 0.3) is 54.6 Å². The summed E-state index contributed by atoms with van der Waals surface area (Å²) in [6, 6.07) is 102. The second-order valence-corrected chi connectivity index (χ2v) is 14.2. The highest BCUT2D eigenvalue weighted by molar-refractivity contribution is 5.98. The van der Waals surface area contributed by atoms with Crippen LogP contribution in [0.3, 0.4) is 0 Å². The summed E-state index contributed by atoms with van der Waals surface area (Å²) in [5.41, 5.74) is 6.43. The monoisotopic (exact) mass is 935 g/mol. The molecular formula is C71H82. The summed E-state index contributed by atoms with van der Waals surface area (Å²) in [5, 5.41) is 7.87. The Balaban J connectivity index is 0.000000417. The molecule has 0 aromatic heterocycles. The molecule has 0 unspecified atom stereocenters. The smallest absolute Gasteiger partial charge is 0.0178 e. The first kappa shape index (κ1) is 61.2. The highest BCUT2D eigenvalue weighted by Crippen LogP contribution is 2.22. The first-order valence-electron chi connectivity index (χ1n) is 25.8. The number of rotatable bonds is 2. The lowest BCUT2D eigenvalue weighted by Gasteiger charge is -2.00. The summed E-state index contributed by atoms with van der Waals surface area (Å²) in [7, 11) is 0. The van der Waals surface area contributed by atoms with Gasteiger partial charge in [-0.2, -0.15) is 0 Å². The molecule has 11 aromatic carbocycles. The van der Waals surface area contributed by atoms with E-state index in [9.17, 15) is 0 Å². The number of benzene rings is 11. The zero-order valence-corrected chi connectivity index (χ0v) is 44.8. The van der Waals surface area contributed by atoms with Gasteiger partial charge in [0, 0.05) is 0 Å². The first-order valence-corrected chi connectivity index (χ1v) is 25.8. The minimum atomic E-state index is 1.28. The van der Waals surface area contributed by atoms with Gasteiger partial charge < -0.3 is 0 Å². The maximum atomic E-state index is 2.24. The van der Waals surface area contributed by atoms with Crippen LogP contribution in [0.4, 0.5) is 0 Å². The van der Waals surface area contributed by atoms with E-state index in [0.29, 0.717) is 0 Å². The Labute approximate surface area is 431 Å². The van der Waals surface area contributed by atoms with Crippen molar-refractivity contribution in [1.29, 1.82) is 0 Å². The molecule has 0 aliphatic carbocycles. The molecule has 0 nitrogen and oxygen atoms in total. The molecular weight excluding hydrogens is 853 g/mol. The molecule has 0 saturated carbocycles. The average Bonchev–Trinajstić information content (AvgIpc) is 3.49. The predicted molar refractivity (Wildman–Crippen MR) is 324 cm³/mol. The molecule has 0 N–H and O–H groups in total. The van der Waals surface area contributed by atoms with Crippen molar-refractivity contribution in [2.75, 3.05) is 0 Å². The molecule has 0 aliphatic rings. The maximum Gasteiger partial charge on any atom is -0.0178 e. The quantitative estimate of drug-likeness (QED) is 0.152. The number of fused-ring (bicyclic) bond motifs is 3. The van der Waals surface area contributed by atoms with Crippen molar-refractivity contribution in [3.05, 3.63) is 303 Å². The van der Waals surface area contributed by atoms with E-state index in [1.54, 1.807) is 0 Å². The van der Waals surface area contributed by atoms with E-state index in [-0.39, 0.29) is 0 Å². The van der Waals surface area contributed by atoms with Gasteiger partial charge in [0.25, 0.3) is 0 Å². The lowest BCUT2D eigenvalue weighted by Crippen LogP contribution is -1.74. The summed E-state index contributed by atoms with van der Waals surface area (Å²) in [5.74, 6) is 0. The van der Waals surface area contributed by atoms with Crippen LogP contribution >= 0.6 is 0 Å². The molecule has 0 radical (unpaired) electrons. The highest BCUT2D eigenvalue weighted by atomic mass is 14.0. The standard InChI is InChI=1S/C14H10.2C12H10.C10H8.C7H8.C6H6.5C2H6/c1-2-6-12-10-14-8-4-3-7-13(14)9-11(12)5-1;2*1-3-7-11(8-4-1)12-9-5-2-6-10-12;1-2-6-10-8-4-3-7-9(10)5-1;1-7-5-3-2-4-6-7;1-2-4-6-5-3-1;5*1-2/h1-10H;2*1-10H;1-8H;2-6H,1H3;1-6H;5*1-2H3. The molecule has 0 amide bonds. The van der Waals surface area contributed by atoms with Gasteiger partial charge in [-0.05, 0) is 73.6 Å². The minimum Gasteiger partial charge on any atom is -0.0683 e. The number of hydrogen-bond acceptors (Lipinski definition) is 0. The van der Waals surface area contributed by atoms with Gasteiger partial charge in [0.15, 0.2) is 0 Å². The first-order chi connectivity index (χ1) is 35.2. The van der Waals surface area contributed by atoms with E-state index in [1.807, 2.05) is 148 Å². The Kier molecular flexibility index (Phi) is 36.5. The molecule has 71 heavy (non-hydrogen) atoms. The van der Waals surface area contributed by atoms with Gasteiger partial charge in [-0.3, -0.25) is 0 Å². The molecule has 11 aromatic rings. The molecule has 0 fully saturated rings. The molecule has 0 aliphatic heterocycles. The number of hydrogen-bond donors (Lipinski definition) is 0. The fourth-order valence-corrected chi connectivity index (χ4v) is 6.46. The molecule has 366 valence electrons. The zero-order chi connectivity index (χ0) is 52.0. The molecule has 0 heterocycles. The van der Waals surface area contributed by atoms with Crippen LogP contribution in [0.2, 0.25) is 0 Å². The minimum absolute atomic E-state index is 1.28. The largest absolute Gasteiger partial charge is 0.0683 e. The van der Waals surface area contributed by atoms with Crippen molar-refractivity contribution >= 4 is 32.3 Å². The molecule has 0 atom stereocenters. The van der Waals surface area contributed by atoms with E-state index in [2.05, 4.69) is 225 Å². The third-order valence-corrected chi connectivity index (χ3v) is 9.64. The predicted octanol–water partition coefficient (Wildman–Crippen LogP) is 22.4. The Morgan fingerprint density at radius 1 is 0.155 bits per heavy atom. The van der Waals surface area contributed by atoms with Gasteiger partial charge in [-0.25, -0.2) is 0 Å². The van der Waals surface area contributed by atoms with Gasteiger partial charge in [0.1, 0.15) is 0 Å². The summed E-state index contributed by atoms with van der Waals surface area (Å²) < 4.78 is 0. The normalized spacial score (nSPS) is 8.77. The van der Waals surface area contributed by atoms with Gasteiger partial charge in [0.05, 0.1) is 0 Å². The summed E-state index contributed by atoms with van der Waals surface area (Å²) in [6.07, 6.45) is 0. The molecule has 0 bridgehead atoms.